The number of ether oxygens (including phenoxy) is 2. The Bertz CT molecular complexity index is 1230. The van der Waals surface area contributed by atoms with Crippen LogP contribution in [0.3, 0.4) is 0 Å². The van der Waals surface area contributed by atoms with Crippen LogP contribution in [0.2, 0.25) is 0 Å². The SMILES string of the molecule is O=c1cc(N2CCOCC2)oc2c(OCc3ccc4ccccc4n3)cccc12. The summed E-state index contributed by atoms with van der Waals surface area (Å²) in [6.07, 6.45) is 0. The molecule has 2 aromatic heterocycles. The van der Waals surface area contributed by atoms with Crippen LogP contribution in [-0.2, 0) is 11.3 Å². The second-order valence-corrected chi connectivity index (χ2v) is 6.97. The Labute approximate surface area is 167 Å². The second kappa shape index (κ2) is 7.56. The van der Waals surface area contributed by atoms with E-state index in [0.29, 0.717) is 48.9 Å². The highest BCUT2D eigenvalue weighted by Gasteiger charge is 2.17. The second-order valence-electron chi connectivity index (χ2n) is 6.97. The van der Waals surface area contributed by atoms with Gasteiger partial charge in [0.2, 0.25) is 0 Å². The average molecular weight is 388 g/mol. The molecule has 0 radical (unpaired) electrons. The zero-order valence-corrected chi connectivity index (χ0v) is 15.8. The zero-order valence-electron chi connectivity index (χ0n) is 15.8. The number of aromatic nitrogens is 1. The fraction of sp³-hybridized carbons (Fsp3) is 0.217. The maximum atomic E-state index is 12.6. The quantitative estimate of drug-likeness (QED) is 0.530. The van der Waals surface area contributed by atoms with Crippen molar-refractivity contribution >= 4 is 27.8 Å². The largest absolute Gasteiger partial charge is 0.483 e. The third-order valence-corrected chi connectivity index (χ3v) is 5.06. The molecular formula is C23H20N2O4. The third-order valence-electron chi connectivity index (χ3n) is 5.06. The van der Waals surface area contributed by atoms with Crippen LogP contribution < -0.4 is 15.1 Å². The molecular weight excluding hydrogens is 368 g/mol. The van der Waals surface area contributed by atoms with Crippen molar-refractivity contribution in [2.24, 2.45) is 0 Å². The normalized spacial score (nSPS) is 14.4. The van der Waals surface area contributed by atoms with Gasteiger partial charge in [0.05, 0.1) is 29.8 Å². The Balaban J connectivity index is 1.46. The van der Waals surface area contributed by atoms with E-state index in [1.165, 1.54) is 0 Å². The highest BCUT2D eigenvalue weighted by molar-refractivity contribution is 5.83. The molecule has 0 saturated carbocycles. The Hall–Kier alpha value is -3.38. The first kappa shape index (κ1) is 17.7. The molecule has 0 N–H and O–H groups in total. The summed E-state index contributed by atoms with van der Waals surface area (Å²) in [4.78, 5) is 19.3. The number of morpholine rings is 1. The van der Waals surface area contributed by atoms with Crippen LogP contribution in [0, 0.1) is 0 Å². The van der Waals surface area contributed by atoms with E-state index in [-0.39, 0.29) is 12.0 Å². The number of para-hydroxylation sites is 2. The molecule has 0 aliphatic carbocycles. The molecule has 1 saturated heterocycles. The highest BCUT2D eigenvalue weighted by Crippen LogP contribution is 2.28. The van der Waals surface area contributed by atoms with Crippen LogP contribution in [0.4, 0.5) is 5.88 Å². The molecule has 2 aromatic carbocycles. The molecule has 146 valence electrons. The van der Waals surface area contributed by atoms with Crippen molar-refractivity contribution in [3.63, 3.8) is 0 Å². The summed E-state index contributed by atoms with van der Waals surface area (Å²) in [6.45, 7) is 2.91. The molecule has 0 unspecified atom stereocenters. The summed E-state index contributed by atoms with van der Waals surface area (Å²) >= 11 is 0. The summed E-state index contributed by atoms with van der Waals surface area (Å²) in [5, 5.41) is 1.59. The van der Waals surface area contributed by atoms with Crippen LogP contribution in [-0.4, -0.2) is 31.3 Å². The fourth-order valence-corrected chi connectivity index (χ4v) is 3.53. The van der Waals surface area contributed by atoms with Crippen LogP contribution in [0.5, 0.6) is 5.75 Å². The summed E-state index contributed by atoms with van der Waals surface area (Å²) < 4.78 is 17.5. The predicted octanol–water partition coefficient (Wildman–Crippen LogP) is 3.76. The van der Waals surface area contributed by atoms with E-state index >= 15 is 0 Å². The van der Waals surface area contributed by atoms with Crippen LogP contribution in [0.1, 0.15) is 5.69 Å². The lowest BCUT2D eigenvalue weighted by molar-refractivity contribution is 0.120. The predicted molar refractivity (Wildman–Crippen MR) is 112 cm³/mol. The topological polar surface area (TPSA) is 64.8 Å². The monoisotopic (exact) mass is 388 g/mol. The van der Waals surface area contributed by atoms with Crippen molar-refractivity contribution in [2.45, 2.75) is 6.61 Å². The van der Waals surface area contributed by atoms with Crippen molar-refractivity contribution in [3.05, 3.63) is 76.6 Å². The van der Waals surface area contributed by atoms with Crippen LogP contribution >= 0.6 is 0 Å². The molecule has 6 nitrogen and oxygen atoms in total. The van der Waals surface area contributed by atoms with E-state index in [4.69, 9.17) is 13.9 Å². The number of pyridine rings is 1. The first-order chi connectivity index (χ1) is 14.3. The van der Waals surface area contributed by atoms with Gasteiger partial charge in [-0.2, -0.15) is 0 Å². The highest BCUT2D eigenvalue weighted by atomic mass is 16.5. The van der Waals surface area contributed by atoms with Gasteiger partial charge in [0.25, 0.3) is 0 Å². The van der Waals surface area contributed by atoms with Crippen LogP contribution in [0.15, 0.2) is 69.9 Å². The molecule has 29 heavy (non-hydrogen) atoms. The van der Waals surface area contributed by atoms with E-state index in [0.717, 1.165) is 16.6 Å². The molecule has 0 amide bonds. The Kier molecular flexibility index (Phi) is 4.62. The standard InChI is InChI=1S/C23H20N2O4/c26-20-14-22(25-10-12-27-13-11-25)29-23-18(20)5-3-7-21(23)28-15-17-9-8-16-4-1-2-6-19(16)24-17/h1-9,14H,10-13,15H2. The lowest BCUT2D eigenvalue weighted by Crippen LogP contribution is -2.36. The molecule has 0 bridgehead atoms. The summed E-state index contributed by atoms with van der Waals surface area (Å²) in [6, 6.07) is 18.9. The zero-order chi connectivity index (χ0) is 19.6. The maximum Gasteiger partial charge on any atom is 0.200 e. The molecule has 3 heterocycles. The number of hydrogen-bond donors (Lipinski definition) is 0. The van der Waals surface area contributed by atoms with Crippen molar-refractivity contribution in [2.75, 3.05) is 31.2 Å². The van der Waals surface area contributed by atoms with E-state index in [1.807, 2.05) is 47.4 Å². The minimum Gasteiger partial charge on any atom is -0.483 e. The van der Waals surface area contributed by atoms with Gasteiger partial charge in [-0.3, -0.25) is 4.79 Å². The smallest absolute Gasteiger partial charge is 0.200 e. The number of hydrogen-bond acceptors (Lipinski definition) is 6. The molecule has 0 atom stereocenters. The van der Waals surface area contributed by atoms with E-state index in [9.17, 15) is 4.79 Å². The van der Waals surface area contributed by atoms with Gasteiger partial charge in [-0.05, 0) is 24.3 Å². The maximum absolute atomic E-state index is 12.6. The van der Waals surface area contributed by atoms with Gasteiger partial charge in [0.1, 0.15) is 6.61 Å². The van der Waals surface area contributed by atoms with Gasteiger partial charge >= 0.3 is 0 Å². The van der Waals surface area contributed by atoms with Gasteiger partial charge in [-0.25, -0.2) is 4.98 Å². The number of anilines is 1. The van der Waals surface area contributed by atoms with Gasteiger partial charge in [-0.1, -0.05) is 30.3 Å². The minimum atomic E-state index is -0.0815. The first-order valence-electron chi connectivity index (χ1n) is 9.65. The fourth-order valence-electron chi connectivity index (χ4n) is 3.53. The Morgan fingerprint density at radius 3 is 2.76 bits per heavy atom. The molecule has 4 aromatic rings. The average Bonchev–Trinajstić information content (AvgIpc) is 2.78. The Morgan fingerprint density at radius 1 is 1.00 bits per heavy atom. The third kappa shape index (κ3) is 3.54. The lowest BCUT2D eigenvalue weighted by atomic mass is 10.2. The van der Waals surface area contributed by atoms with Gasteiger partial charge in [-0.15, -0.1) is 0 Å². The molecule has 0 spiro atoms. The first-order valence-corrected chi connectivity index (χ1v) is 9.65. The molecule has 1 aliphatic heterocycles. The lowest BCUT2D eigenvalue weighted by Gasteiger charge is -2.27. The molecule has 1 fully saturated rings. The van der Waals surface area contributed by atoms with Gasteiger partial charge in [0, 0.05) is 24.5 Å². The van der Waals surface area contributed by atoms with Gasteiger partial charge in [0.15, 0.2) is 22.6 Å². The number of nitrogens with zero attached hydrogens (tertiary/aromatic N) is 2. The van der Waals surface area contributed by atoms with Crippen LogP contribution in [0.25, 0.3) is 21.9 Å². The van der Waals surface area contributed by atoms with E-state index in [1.54, 1.807) is 18.2 Å². The summed E-state index contributed by atoms with van der Waals surface area (Å²) in [7, 11) is 0. The molecule has 5 rings (SSSR count). The molecule has 1 aliphatic rings. The van der Waals surface area contributed by atoms with Crippen molar-refractivity contribution in [1.82, 2.24) is 4.98 Å². The van der Waals surface area contributed by atoms with E-state index < -0.39 is 0 Å². The van der Waals surface area contributed by atoms with E-state index in [2.05, 4.69) is 4.98 Å². The van der Waals surface area contributed by atoms with Crippen molar-refractivity contribution in [1.29, 1.82) is 0 Å². The molecule has 6 heteroatoms. The minimum absolute atomic E-state index is 0.0815. The summed E-state index contributed by atoms with van der Waals surface area (Å²) in [5.74, 6) is 1.08. The number of benzene rings is 2. The van der Waals surface area contributed by atoms with Gasteiger partial charge < -0.3 is 18.8 Å². The Morgan fingerprint density at radius 2 is 1.86 bits per heavy atom. The van der Waals surface area contributed by atoms with Crippen molar-refractivity contribution in [3.8, 4) is 5.75 Å². The van der Waals surface area contributed by atoms with Crippen molar-refractivity contribution < 1.29 is 13.9 Å². The number of fused-ring (bicyclic) bond motifs is 2. The summed E-state index contributed by atoms with van der Waals surface area (Å²) in [5.41, 5.74) is 2.12. The number of rotatable bonds is 4.